The van der Waals surface area contributed by atoms with E-state index >= 15 is 0 Å². The standard InChI is InChI=1S/C27H24ClNO5/c1-3-32-22-14-9-17(15-23(22)33-4-2)16-24(30)29-25-20-7-5-6-8-21(20)34-27(25)26(31)18-10-12-19(28)13-11-18/h5-15H,3-4,16H2,1-2H3,(H,29,30). The van der Waals surface area contributed by atoms with Crippen LogP contribution in [0.25, 0.3) is 11.0 Å². The van der Waals surface area contributed by atoms with Crippen molar-refractivity contribution in [3.63, 3.8) is 0 Å². The van der Waals surface area contributed by atoms with E-state index < -0.39 is 0 Å². The number of halogens is 1. The lowest BCUT2D eigenvalue weighted by atomic mass is 10.1. The molecule has 0 fully saturated rings. The first-order chi connectivity index (χ1) is 16.5. The van der Waals surface area contributed by atoms with Crippen molar-refractivity contribution in [2.75, 3.05) is 18.5 Å². The maximum Gasteiger partial charge on any atom is 0.230 e. The number of amides is 1. The molecule has 0 radical (unpaired) electrons. The van der Waals surface area contributed by atoms with Crippen LogP contribution in [-0.2, 0) is 11.2 Å². The van der Waals surface area contributed by atoms with Crippen LogP contribution in [0.2, 0.25) is 5.02 Å². The van der Waals surface area contributed by atoms with Crippen LogP contribution in [0.1, 0.15) is 35.5 Å². The highest BCUT2D eigenvalue weighted by molar-refractivity contribution is 6.30. The van der Waals surface area contributed by atoms with Gasteiger partial charge in [0.15, 0.2) is 17.3 Å². The molecule has 7 heteroatoms. The molecule has 1 heterocycles. The molecular weight excluding hydrogens is 454 g/mol. The molecule has 34 heavy (non-hydrogen) atoms. The molecule has 1 amide bonds. The fourth-order valence-corrected chi connectivity index (χ4v) is 3.76. The number of ether oxygens (including phenoxy) is 2. The molecule has 1 aromatic heterocycles. The second-order valence-corrected chi connectivity index (χ2v) is 7.95. The van der Waals surface area contributed by atoms with E-state index in [0.29, 0.717) is 52.0 Å². The van der Waals surface area contributed by atoms with Gasteiger partial charge in [0.1, 0.15) is 5.58 Å². The molecule has 3 aromatic carbocycles. The molecule has 0 aliphatic heterocycles. The van der Waals surface area contributed by atoms with Crippen molar-refractivity contribution in [1.82, 2.24) is 0 Å². The number of fused-ring (bicyclic) bond motifs is 1. The lowest BCUT2D eigenvalue weighted by molar-refractivity contribution is -0.115. The number of ketones is 1. The summed E-state index contributed by atoms with van der Waals surface area (Å²) in [6.45, 7) is 4.78. The Kier molecular flexibility index (Phi) is 7.18. The van der Waals surface area contributed by atoms with Crippen LogP contribution >= 0.6 is 11.6 Å². The van der Waals surface area contributed by atoms with Gasteiger partial charge in [0.05, 0.1) is 25.3 Å². The van der Waals surface area contributed by atoms with Gasteiger partial charge in [0, 0.05) is 16.0 Å². The van der Waals surface area contributed by atoms with E-state index in [2.05, 4.69) is 5.32 Å². The van der Waals surface area contributed by atoms with E-state index in [1.807, 2.05) is 32.0 Å². The first kappa shape index (κ1) is 23.4. The summed E-state index contributed by atoms with van der Waals surface area (Å²) in [7, 11) is 0. The lowest BCUT2D eigenvalue weighted by Gasteiger charge is -2.12. The molecule has 4 rings (SSSR count). The van der Waals surface area contributed by atoms with Gasteiger partial charge in [-0.25, -0.2) is 0 Å². The molecule has 0 unspecified atom stereocenters. The normalized spacial score (nSPS) is 10.8. The van der Waals surface area contributed by atoms with E-state index in [0.717, 1.165) is 5.56 Å². The second-order valence-electron chi connectivity index (χ2n) is 7.51. The highest BCUT2D eigenvalue weighted by Gasteiger charge is 2.23. The van der Waals surface area contributed by atoms with E-state index in [-0.39, 0.29) is 23.9 Å². The molecule has 0 bridgehead atoms. The smallest absolute Gasteiger partial charge is 0.230 e. The van der Waals surface area contributed by atoms with Crippen LogP contribution in [0.5, 0.6) is 11.5 Å². The third kappa shape index (κ3) is 5.07. The Morgan fingerprint density at radius 1 is 0.912 bits per heavy atom. The molecule has 0 spiro atoms. The zero-order chi connectivity index (χ0) is 24.1. The fraction of sp³-hybridized carbons (Fsp3) is 0.185. The molecule has 0 saturated carbocycles. The third-order valence-corrected chi connectivity index (χ3v) is 5.40. The number of benzene rings is 3. The monoisotopic (exact) mass is 477 g/mol. The Bertz CT molecular complexity index is 1330. The molecule has 4 aromatic rings. The molecule has 0 aliphatic rings. The quantitative estimate of drug-likeness (QED) is 0.286. The largest absolute Gasteiger partial charge is 0.490 e. The van der Waals surface area contributed by atoms with Crippen molar-refractivity contribution >= 4 is 39.9 Å². The molecule has 1 N–H and O–H groups in total. The van der Waals surface area contributed by atoms with Gasteiger partial charge in [-0.1, -0.05) is 29.8 Å². The lowest BCUT2D eigenvalue weighted by Crippen LogP contribution is -2.16. The highest BCUT2D eigenvalue weighted by atomic mass is 35.5. The minimum atomic E-state index is -0.345. The average molecular weight is 478 g/mol. The van der Waals surface area contributed by atoms with Crippen molar-refractivity contribution in [2.24, 2.45) is 0 Å². The molecule has 6 nitrogen and oxygen atoms in total. The summed E-state index contributed by atoms with van der Waals surface area (Å²) in [4.78, 5) is 26.2. The van der Waals surface area contributed by atoms with Crippen molar-refractivity contribution in [1.29, 1.82) is 0 Å². The SMILES string of the molecule is CCOc1ccc(CC(=O)Nc2c(C(=O)c3ccc(Cl)cc3)oc3ccccc23)cc1OCC. The number of rotatable bonds is 9. The maximum absolute atomic E-state index is 13.2. The summed E-state index contributed by atoms with van der Waals surface area (Å²) >= 11 is 5.95. The predicted molar refractivity (Wildman–Crippen MR) is 132 cm³/mol. The van der Waals surface area contributed by atoms with E-state index in [1.165, 1.54) is 0 Å². The van der Waals surface area contributed by atoms with Gasteiger partial charge in [-0.2, -0.15) is 0 Å². The van der Waals surface area contributed by atoms with Crippen LogP contribution in [-0.4, -0.2) is 24.9 Å². The summed E-state index contributed by atoms with van der Waals surface area (Å²) in [5.41, 5.74) is 2.01. The van der Waals surface area contributed by atoms with E-state index in [1.54, 1.807) is 48.5 Å². The van der Waals surface area contributed by atoms with Crippen LogP contribution in [0.4, 0.5) is 5.69 Å². The van der Waals surface area contributed by atoms with Gasteiger partial charge in [0.2, 0.25) is 11.7 Å². The van der Waals surface area contributed by atoms with Crippen molar-refractivity contribution < 1.29 is 23.5 Å². The number of para-hydroxylation sites is 1. The van der Waals surface area contributed by atoms with E-state index in [9.17, 15) is 9.59 Å². The minimum Gasteiger partial charge on any atom is -0.490 e. The van der Waals surface area contributed by atoms with Gasteiger partial charge >= 0.3 is 0 Å². The van der Waals surface area contributed by atoms with Crippen LogP contribution in [0.15, 0.2) is 71.1 Å². The Morgan fingerprint density at radius 2 is 1.62 bits per heavy atom. The molecule has 0 atom stereocenters. The third-order valence-electron chi connectivity index (χ3n) is 5.15. The number of furan rings is 1. The number of hydrogen-bond donors (Lipinski definition) is 1. The number of carbonyl (C=O) groups is 2. The van der Waals surface area contributed by atoms with Gasteiger partial charge < -0.3 is 19.2 Å². The number of carbonyl (C=O) groups excluding carboxylic acids is 2. The number of nitrogens with one attached hydrogen (secondary N) is 1. The Hall–Kier alpha value is -3.77. The fourth-order valence-electron chi connectivity index (χ4n) is 3.64. The first-order valence-electron chi connectivity index (χ1n) is 11.0. The van der Waals surface area contributed by atoms with Crippen molar-refractivity contribution in [3.8, 4) is 11.5 Å². The number of hydrogen-bond acceptors (Lipinski definition) is 5. The van der Waals surface area contributed by atoms with Crippen molar-refractivity contribution in [2.45, 2.75) is 20.3 Å². The van der Waals surface area contributed by atoms with Crippen molar-refractivity contribution in [3.05, 3.63) is 88.6 Å². The molecule has 174 valence electrons. The summed E-state index contributed by atoms with van der Waals surface area (Å²) in [5.74, 6) is 0.650. The first-order valence-corrected chi connectivity index (χ1v) is 11.4. The second kappa shape index (κ2) is 10.4. The van der Waals surface area contributed by atoms with Crippen LogP contribution in [0, 0.1) is 0 Å². The topological polar surface area (TPSA) is 77.8 Å². The van der Waals surface area contributed by atoms with Gasteiger partial charge in [0.25, 0.3) is 0 Å². The van der Waals surface area contributed by atoms with E-state index in [4.69, 9.17) is 25.5 Å². The molecule has 0 saturated heterocycles. The zero-order valence-electron chi connectivity index (χ0n) is 18.9. The Balaban J connectivity index is 1.62. The minimum absolute atomic E-state index is 0.0681. The Labute approximate surface area is 202 Å². The van der Waals surface area contributed by atoms with Crippen LogP contribution in [0.3, 0.4) is 0 Å². The van der Waals surface area contributed by atoms with Gasteiger partial charge in [-0.15, -0.1) is 0 Å². The maximum atomic E-state index is 13.2. The molecule has 0 aliphatic carbocycles. The molecular formula is C27H24ClNO5. The predicted octanol–water partition coefficient (Wildman–Crippen LogP) is 6.30. The summed E-state index contributed by atoms with van der Waals surface area (Å²) < 4.78 is 17.1. The van der Waals surface area contributed by atoms with Gasteiger partial charge in [-0.05, 0) is 67.9 Å². The summed E-state index contributed by atoms with van der Waals surface area (Å²) in [6.07, 6.45) is 0.0839. The summed E-state index contributed by atoms with van der Waals surface area (Å²) in [6, 6.07) is 19.1. The average Bonchev–Trinajstić information content (AvgIpc) is 3.19. The highest BCUT2D eigenvalue weighted by Crippen LogP contribution is 2.33. The zero-order valence-corrected chi connectivity index (χ0v) is 19.6. The number of anilines is 1. The van der Waals surface area contributed by atoms with Gasteiger partial charge in [-0.3, -0.25) is 9.59 Å². The van der Waals surface area contributed by atoms with Crippen LogP contribution < -0.4 is 14.8 Å². The summed E-state index contributed by atoms with van der Waals surface area (Å²) in [5, 5.41) is 4.06. The Morgan fingerprint density at radius 3 is 2.35 bits per heavy atom.